The Labute approximate surface area is 187 Å². The monoisotopic (exact) mass is 483 g/mol. The van der Waals surface area contributed by atoms with Crippen LogP contribution in [0.5, 0.6) is 17.4 Å². The highest BCUT2D eigenvalue weighted by Crippen LogP contribution is 2.34. The van der Waals surface area contributed by atoms with Crippen molar-refractivity contribution in [3.05, 3.63) is 57.7 Å². The van der Waals surface area contributed by atoms with Crippen molar-refractivity contribution >= 4 is 34.8 Å². The maximum absolute atomic E-state index is 12.9. The molecule has 30 heavy (non-hydrogen) atoms. The van der Waals surface area contributed by atoms with E-state index in [2.05, 4.69) is 4.98 Å². The fourth-order valence-corrected chi connectivity index (χ4v) is 2.71. The summed E-state index contributed by atoms with van der Waals surface area (Å²) in [6, 6.07) is 7.14. The van der Waals surface area contributed by atoms with Gasteiger partial charge < -0.3 is 14.2 Å². The van der Waals surface area contributed by atoms with Crippen molar-refractivity contribution in [2.24, 2.45) is 0 Å². The maximum Gasteiger partial charge on any atom is 0.421 e. The van der Waals surface area contributed by atoms with Gasteiger partial charge in [0.1, 0.15) is 28.2 Å². The summed E-state index contributed by atoms with van der Waals surface area (Å²) < 4.78 is 55.0. The number of ether oxygens (including phenoxy) is 3. The van der Waals surface area contributed by atoms with E-state index >= 15 is 0 Å². The molecule has 0 fully saturated rings. The third-order valence-corrected chi connectivity index (χ3v) is 4.23. The van der Waals surface area contributed by atoms with E-state index in [-0.39, 0.29) is 17.7 Å². The van der Waals surface area contributed by atoms with Crippen LogP contribution in [0.2, 0.25) is 5.02 Å². The number of rotatable bonds is 11. The van der Waals surface area contributed by atoms with Crippen LogP contribution in [0.25, 0.3) is 0 Å². The number of aromatic nitrogens is 1. The molecule has 0 spiro atoms. The smallest absolute Gasteiger partial charge is 0.421 e. The highest BCUT2D eigenvalue weighted by molar-refractivity contribution is 6.55. The van der Waals surface area contributed by atoms with Gasteiger partial charge in [0, 0.05) is 17.3 Å². The van der Waals surface area contributed by atoms with Crippen LogP contribution in [-0.2, 0) is 6.18 Å². The van der Waals surface area contributed by atoms with E-state index in [0.29, 0.717) is 42.4 Å². The molecule has 164 valence electrons. The number of hydrogen-bond donors (Lipinski definition) is 0. The fourth-order valence-electron chi connectivity index (χ4n) is 2.37. The van der Waals surface area contributed by atoms with E-state index in [1.54, 1.807) is 18.2 Å². The first-order valence-electron chi connectivity index (χ1n) is 8.98. The molecule has 1 heterocycles. The molecule has 10 heteroatoms. The Morgan fingerprint density at radius 1 is 0.967 bits per heavy atom. The van der Waals surface area contributed by atoms with Crippen LogP contribution in [0.4, 0.5) is 13.2 Å². The standard InChI is InChI=1S/C20H19Cl3F3NO3/c21-14-11-15(13-16(12-14)29-10-6-18(22)23)28-8-2-1-3-9-30-19-17(20(24,25)26)5-4-7-27-19/h4-7,11-13H,1-3,8-10H2. The van der Waals surface area contributed by atoms with Crippen LogP contribution < -0.4 is 14.2 Å². The van der Waals surface area contributed by atoms with Crippen molar-refractivity contribution in [3.63, 3.8) is 0 Å². The molecule has 0 saturated carbocycles. The van der Waals surface area contributed by atoms with Crippen LogP contribution >= 0.6 is 34.8 Å². The zero-order chi connectivity index (χ0) is 22.0. The van der Waals surface area contributed by atoms with E-state index in [4.69, 9.17) is 49.0 Å². The number of halogens is 6. The SMILES string of the molecule is FC(F)(F)c1cccnc1OCCCCCOc1cc(Cl)cc(OCC=C(Cl)Cl)c1. The number of benzene rings is 1. The first-order valence-corrected chi connectivity index (χ1v) is 10.1. The van der Waals surface area contributed by atoms with E-state index in [9.17, 15) is 13.2 Å². The first kappa shape index (κ1) is 24.4. The number of unbranched alkanes of at least 4 members (excludes halogenated alkanes) is 2. The van der Waals surface area contributed by atoms with Crippen molar-refractivity contribution in [1.82, 2.24) is 4.98 Å². The van der Waals surface area contributed by atoms with Crippen LogP contribution in [0.3, 0.4) is 0 Å². The summed E-state index contributed by atoms with van der Waals surface area (Å²) in [5.74, 6) is 0.642. The van der Waals surface area contributed by atoms with Gasteiger partial charge in [-0.1, -0.05) is 34.8 Å². The molecule has 4 nitrogen and oxygen atoms in total. The van der Waals surface area contributed by atoms with Gasteiger partial charge >= 0.3 is 6.18 Å². The Morgan fingerprint density at radius 3 is 2.30 bits per heavy atom. The van der Waals surface area contributed by atoms with Crippen molar-refractivity contribution in [1.29, 1.82) is 0 Å². The zero-order valence-corrected chi connectivity index (χ0v) is 18.0. The summed E-state index contributed by atoms with van der Waals surface area (Å²) in [5, 5.41) is 0.452. The van der Waals surface area contributed by atoms with Crippen molar-refractivity contribution < 1.29 is 27.4 Å². The second kappa shape index (κ2) is 12.1. The van der Waals surface area contributed by atoms with Crippen LogP contribution in [-0.4, -0.2) is 24.8 Å². The van der Waals surface area contributed by atoms with Gasteiger partial charge in [-0.05, 0) is 49.6 Å². The number of pyridine rings is 1. The third-order valence-electron chi connectivity index (χ3n) is 3.71. The molecule has 0 saturated heterocycles. The number of hydrogen-bond acceptors (Lipinski definition) is 4. The molecule has 2 aromatic rings. The minimum Gasteiger partial charge on any atom is -0.493 e. The second-order valence-corrected chi connectivity index (χ2v) is 7.48. The normalized spacial score (nSPS) is 11.1. The minimum atomic E-state index is -4.50. The van der Waals surface area contributed by atoms with E-state index in [0.717, 1.165) is 6.07 Å². The summed E-state index contributed by atoms with van der Waals surface area (Å²) in [6.45, 7) is 0.727. The Bertz CT molecular complexity index is 844. The van der Waals surface area contributed by atoms with Crippen molar-refractivity contribution in [2.75, 3.05) is 19.8 Å². The van der Waals surface area contributed by atoms with Gasteiger partial charge in [-0.25, -0.2) is 4.98 Å². The molecule has 0 aliphatic carbocycles. The number of nitrogens with zero attached hydrogens (tertiary/aromatic N) is 1. The fraction of sp³-hybridized carbons (Fsp3) is 0.350. The molecule has 2 rings (SSSR count). The lowest BCUT2D eigenvalue weighted by Gasteiger charge is -2.12. The Balaban J connectivity index is 1.70. The molecule has 0 amide bonds. The predicted molar refractivity (Wildman–Crippen MR) is 111 cm³/mol. The third kappa shape index (κ3) is 8.90. The Morgan fingerprint density at radius 2 is 1.63 bits per heavy atom. The largest absolute Gasteiger partial charge is 0.493 e. The van der Waals surface area contributed by atoms with E-state index in [1.807, 2.05) is 0 Å². The lowest BCUT2D eigenvalue weighted by molar-refractivity contribution is -0.139. The molecule has 0 aliphatic heterocycles. The summed E-state index contributed by atoms with van der Waals surface area (Å²) in [7, 11) is 0. The molecule has 1 aromatic heterocycles. The van der Waals surface area contributed by atoms with E-state index < -0.39 is 17.6 Å². The lowest BCUT2D eigenvalue weighted by Crippen LogP contribution is -2.10. The Hall–Kier alpha value is -1.83. The topological polar surface area (TPSA) is 40.6 Å². The van der Waals surface area contributed by atoms with Crippen molar-refractivity contribution in [3.8, 4) is 17.4 Å². The second-order valence-electron chi connectivity index (χ2n) is 6.04. The van der Waals surface area contributed by atoms with Gasteiger partial charge in [-0.3, -0.25) is 0 Å². The molecule has 0 radical (unpaired) electrons. The van der Waals surface area contributed by atoms with Crippen LogP contribution in [0.15, 0.2) is 47.1 Å². The summed E-state index contributed by atoms with van der Waals surface area (Å²) in [5.41, 5.74) is -0.879. The molecule has 0 bridgehead atoms. The van der Waals surface area contributed by atoms with Crippen LogP contribution in [0, 0.1) is 0 Å². The summed E-state index contributed by atoms with van der Waals surface area (Å²) in [6.07, 6.45) is 0.218. The molecule has 0 unspecified atom stereocenters. The average Bonchev–Trinajstić information content (AvgIpc) is 2.66. The lowest BCUT2D eigenvalue weighted by atomic mass is 10.2. The van der Waals surface area contributed by atoms with Crippen LogP contribution in [0.1, 0.15) is 24.8 Å². The molecular weight excluding hydrogens is 466 g/mol. The number of alkyl halides is 3. The summed E-state index contributed by atoms with van der Waals surface area (Å²) in [4.78, 5) is 3.66. The minimum absolute atomic E-state index is 0.107. The summed E-state index contributed by atoms with van der Waals surface area (Å²) >= 11 is 17.1. The average molecular weight is 485 g/mol. The van der Waals surface area contributed by atoms with Gasteiger partial charge in [0.05, 0.1) is 13.2 Å². The van der Waals surface area contributed by atoms with Gasteiger partial charge in [-0.2, -0.15) is 13.2 Å². The molecule has 0 aliphatic rings. The van der Waals surface area contributed by atoms with E-state index in [1.165, 1.54) is 18.3 Å². The highest BCUT2D eigenvalue weighted by Gasteiger charge is 2.34. The predicted octanol–water partition coefficient (Wildman–Crippen LogP) is 7.08. The quantitative estimate of drug-likeness (QED) is 0.320. The van der Waals surface area contributed by atoms with Gasteiger partial charge in [0.15, 0.2) is 0 Å². The van der Waals surface area contributed by atoms with Gasteiger partial charge in [0.25, 0.3) is 0 Å². The van der Waals surface area contributed by atoms with Crippen molar-refractivity contribution in [2.45, 2.75) is 25.4 Å². The first-order chi connectivity index (χ1) is 14.3. The molecule has 1 aromatic carbocycles. The van der Waals surface area contributed by atoms with Gasteiger partial charge in [-0.15, -0.1) is 0 Å². The molecule has 0 N–H and O–H groups in total. The Kier molecular flexibility index (Phi) is 9.88. The van der Waals surface area contributed by atoms with Gasteiger partial charge in [0.2, 0.25) is 5.88 Å². The highest BCUT2D eigenvalue weighted by atomic mass is 35.5. The molecular formula is C20H19Cl3F3NO3. The zero-order valence-electron chi connectivity index (χ0n) is 15.7. The maximum atomic E-state index is 12.9. The molecule has 0 atom stereocenters.